The Morgan fingerprint density at radius 3 is 2.00 bits per heavy atom. The van der Waals surface area contributed by atoms with Crippen LogP contribution in [0.3, 0.4) is 0 Å². The highest BCUT2D eigenvalue weighted by Crippen LogP contribution is 2.18. The molecule has 21 heavy (non-hydrogen) atoms. The van der Waals surface area contributed by atoms with Crippen molar-refractivity contribution in [3.63, 3.8) is 0 Å². The molecule has 1 heterocycles. The lowest BCUT2D eigenvalue weighted by Gasteiger charge is -2.35. The number of alkyl halides is 3. The molecule has 0 radical (unpaired) electrons. The third-order valence-electron chi connectivity index (χ3n) is 3.68. The van der Waals surface area contributed by atoms with Crippen LogP contribution in [0.25, 0.3) is 0 Å². The highest BCUT2D eigenvalue weighted by Gasteiger charge is 2.32. The largest absolute Gasteiger partial charge is 0.401 e. The van der Waals surface area contributed by atoms with Gasteiger partial charge < -0.3 is 5.32 Å². The summed E-state index contributed by atoms with van der Waals surface area (Å²) >= 11 is 0. The fourth-order valence-corrected chi connectivity index (χ4v) is 2.58. The van der Waals surface area contributed by atoms with E-state index >= 15 is 0 Å². The number of nitrogens with zero attached hydrogens (tertiary/aromatic N) is 2. The van der Waals surface area contributed by atoms with Crippen LogP contribution in [0, 0.1) is 0 Å². The van der Waals surface area contributed by atoms with Crippen molar-refractivity contribution in [3.8, 4) is 0 Å². The molecule has 0 bridgehead atoms. The number of piperazine rings is 1. The molecular formula is C15H22F3N3. The lowest BCUT2D eigenvalue weighted by Crippen LogP contribution is -2.48. The van der Waals surface area contributed by atoms with E-state index in [4.69, 9.17) is 0 Å². The van der Waals surface area contributed by atoms with Crippen LogP contribution in [0.15, 0.2) is 24.3 Å². The van der Waals surface area contributed by atoms with Gasteiger partial charge in [0.1, 0.15) is 0 Å². The predicted octanol–water partition coefficient (Wildman–Crippen LogP) is 2.09. The number of hydrogen-bond donors (Lipinski definition) is 1. The molecule has 3 nitrogen and oxygen atoms in total. The van der Waals surface area contributed by atoms with E-state index in [-0.39, 0.29) is 0 Å². The first-order chi connectivity index (χ1) is 9.96. The van der Waals surface area contributed by atoms with Gasteiger partial charge >= 0.3 is 6.18 Å². The molecule has 6 heteroatoms. The summed E-state index contributed by atoms with van der Waals surface area (Å²) < 4.78 is 37.0. The van der Waals surface area contributed by atoms with Crippen molar-refractivity contribution in [2.24, 2.45) is 0 Å². The normalized spacial score (nSPS) is 18.1. The second kappa shape index (κ2) is 7.24. The molecule has 1 aliphatic heterocycles. The summed E-state index contributed by atoms with van der Waals surface area (Å²) in [5, 5.41) is 3.10. The molecule has 0 saturated carbocycles. The summed E-state index contributed by atoms with van der Waals surface area (Å²) in [6.07, 6.45) is -4.09. The van der Waals surface area contributed by atoms with Gasteiger partial charge in [0.25, 0.3) is 0 Å². The molecule has 0 atom stereocenters. The van der Waals surface area contributed by atoms with E-state index < -0.39 is 12.7 Å². The molecular weight excluding hydrogens is 279 g/mol. The van der Waals surface area contributed by atoms with Crippen molar-refractivity contribution in [1.82, 2.24) is 15.1 Å². The monoisotopic (exact) mass is 301 g/mol. The molecule has 0 unspecified atom stereocenters. The maximum absolute atomic E-state index is 12.3. The Hall–Kier alpha value is -1.11. The van der Waals surface area contributed by atoms with Crippen LogP contribution in [-0.4, -0.2) is 55.7 Å². The molecule has 1 aromatic rings. The summed E-state index contributed by atoms with van der Waals surface area (Å²) in [5.41, 5.74) is 2.44. The van der Waals surface area contributed by atoms with E-state index in [2.05, 4.69) is 34.5 Å². The van der Waals surface area contributed by atoms with Gasteiger partial charge in [-0.1, -0.05) is 24.3 Å². The van der Waals surface area contributed by atoms with Crippen molar-refractivity contribution in [3.05, 3.63) is 35.4 Å². The number of halogens is 3. The molecule has 0 spiro atoms. The van der Waals surface area contributed by atoms with Crippen molar-refractivity contribution in [1.29, 1.82) is 0 Å². The van der Waals surface area contributed by atoms with Gasteiger partial charge in [0, 0.05) is 39.3 Å². The number of rotatable bonds is 5. The lowest BCUT2D eigenvalue weighted by molar-refractivity contribution is -0.149. The van der Waals surface area contributed by atoms with E-state index in [0.717, 1.165) is 13.1 Å². The summed E-state index contributed by atoms with van der Waals surface area (Å²) in [6.45, 7) is 3.20. The molecule has 0 amide bonds. The number of benzene rings is 1. The van der Waals surface area contributed by atoms with Crippen LogP contribution in [0.4, 0.5) is 13.2 Å². The van der Waals surface area contributed by atoms with Gasteiger partial charge in [-0.05, 0) is 18.2 Å². The fourth-order valence-electron chi connectivity index (χ4n) is 2.58. The van der Waals surface area contributed by atoms with Gasteiger partial charge in [-0.15, -0.1) is 0 Å². The minimum Gasteiger partial charge on any atom is -0.316 e. The average Bonchev–Trinajstić information content (AvgIpc) is 2.42. The number of nitrogens with one attached hydrogen (secondary N) is 1. The van der Waals surface area contributed by atoms with Crippen molar-refractivity contribution in [2.75, 3.05) is 39.8 Å². The quantitative estimate of drug-likeness (QED) is 0.898. The average molecular weight is 301 g/mol. The van der Waals surface area contributed by atoms with Crippen LogP contribution in [0.2, 0.25) is 0 Å². The molecule has 118 valence electrons. The molecule has 1 N–H and O–H groups in total. The van der Waals surface area contributed by atoms with E-state index in [0.29, 0.717) is 26.2 Å². The van der Waals surface area contributed by atoms with Crippen molar-refractivity contribution < 1.29 is 13.2 Å². The first-order valence-corrected chi connectivity index (χ1v) is 7.20. The Kier molecular flexibility index (Phi) is 5.61. The molecule has 1 saturated heterocycles. The van der Waals surface area contributed by atoms with Gasteiger partial charge in [-0.3, -0.25) is 9.80 Å². The van der Waals surface area contributed by atoms with Crippen molar-refractivity contribution >= 4 is 0 Å². The molecule has 1 aliphatic rings. The summed E-state index contributed by atoms with van der Waals surface area (Å²) in [7, 11) is 1.91. The molecule has 0 aromatic heterocycles. The van der Waals surface area contributed by atoms with E-state index in [1.54, 1.807) is 0 Å². The van der Waals surface area contributed by atoms with Gasteiger partial charge in [0.2, 0.25) is 0 Å². The Morgan fingerprint density at radius 2 is 1.48 bits per heavy atom. The van der Waals surface area contributed by atoms with E-state index in [9.17, 15) is 13.2 Å². The topological polar surface area (TPSA) is 18.5 Å². The van der Waals surface area contributed by atoms with Crippen LogP contribution in [0.1, 0.15) is 11.1 Å². The highest BCUT2D eigenvalue weighted by atomic mass is 19.4. The highest BCUT2D eigenvalue weighted by molar-refractivity contribution is 5.22. The smallest absolute Gasteiger partial charge is 0.316 e. The van der Waals surface area contributed by atoms with Crippen molar-refractivity contribution in [2.45, 2.75) is 19.3 Å². The minimum atomic E-state index is -4.09. The Bertz CT molecular complexity index is 423. The Labute approximate surface area is 123 Å². The Morgan fingerprint density at radius 1 is 0.952 bits per heavy atom. The Balaban J connectivity index is 1.78. The zero-order valence-corrected chi connectivity index (χ0v) is 12.3. The van der Waals surface area contributed by atoms with E-state index in [1.807, 2.05) is 7.05 Å². The van der Waals surface area contributed by atoms with Crippen LogP contribution in [-0.2, 0) is 13.1 Å². The lowest BCUT2D eigenvalue weighted by atomic mass is 10.1. The first kappa shape index (κ1) is 16.3. The zero-order valence-electron chi connectivity index (χ0n) is 12.3. The summed E-state index contributed by atoms with van der Waals surface area (Å²) in [4.78, 5) is 3.69. The fraction of sp³-hybridized carbons (Fsp3) is 0.600. The number of hydrogen-bond acceptors (Lipinski definition) is 3. The minimum absolute atomic E-state index is 0.483. The van der Waals surface area contributed by atoms with Gasteiger partial charge in [-0.2, -0.15) is 13.2 Å². The second-order valence-corrected chi connectivity index (χ2v) is 5.51. The van der Waals surface area contributed by atoms with Crippen LogP contribution in [0.5, 0.6) is 0 Å². The first-order valence-electron chi connectivity index (χ1n) is 7.20. The van der Waals surface area contributed by atoms with Crippen LogP contribution >= 0.6 is 0 Å². The summed E-state index contributed by atoms with van der Waals surface area (Å²) in [5.74, 6) is 0. The SMILES string of the molecule is CNCc1ccc(CN2CCN(CC(F)(F)F)CC2)cc1. The van der Waals surface area contributed by atoms with Gasteiger partial charge in [-0.25, -0.2) is 0 Å². The third kappa shape index (κ3) is 5.65. The van der Waals surface area contributed by atoms with E-state index in [1.165, 1.54) is 16.0 Å². The molecule has 2 rings (SSSR count). The predicted molar refractivity (Wildman–Crippen MR) is 77.0 cm³/mol. The zero-order chi connectivity index (χ0) is 15.3. The third-order valence-corrected chi connectivity index (χ3v) is 3.68. The second-order valence-electron chi connectivity index (χ2n) is 5.51. The maximum Gasteiger partial charge on any atom is 0.401 e. The molecule has 1 aromatic carbocycles. The van der Waals surface area contributed by atoms with Gasteiger partial charge in [0.15, 0.2) is 0 Å². The van der Waals surface area contributed by atoms with Crippen LogP contribution < -0.4 is 5.32 Å². The standard InChI is InChI=1S/C15H22F3N3/c1-19-10-13-2-4-14(5-3-13)11-20-6-8-21(9-7-20)12-15(16,17)18/h2-5,19H,6-12H2,1H3. The van der Waals surface area contributed by atoms with Gasteiger partial charge in [0.05, 0.1) is 6.54 Å². The summed E-state index contributed by atoms with van der Waals surface area (Å²) in [6, 6.07) is 8.36. The molecule has 1 fully saturated rings. The maximum atomic E-state index is 12.3. The molecule has 0 aliphatic carbocycles.